The van der Waals surface area contributed by atoms with Gasteiger partial charge in [-0.2, -0.15) is 0 Å². The van der Waals surface area contributed by atoms with Crippen LogP contribution in [0.25, 0.3) is 75.8 Å². The molecule has 1 aliphatic rings. The molecule has 9 rings (SSSR count). The number of benzene rings is 7. The monoisotopic (exact) mass is 596 g/mol. The number of thioether (sulfide) groups is 1. The van der Waals surface area contributed by atoms with Gasteiger partial charge in [0.05, 0.1) is 0 Å². The van der Waals surface area contributed by atoms with Crippen molar-refractivity contribution >= 4 is 66.2 Å². The lowest BCUT2D eigenvalue weighted by molar-refractivity contribution is 0.991. The molecule has 0 fully saturated rings. The molecule has 0 radical (unpaired) electrons. The summed E-state index contributed by atoms with van der Waals surface area (Å²) in [5.41, 5.74) is 7.73. The minimum atomic E-state index is 0.565. The van der Waals surface area contributed by atoms with Crippen LogP contribution in [0.4, 0.5) is 0 Å². The van der Waals surface area contributed by atoms with E-state index < -0.39 is 0 Å². The maximum Gasteiger partial charge on any atom is 0.0373 e. The number of hydrogen-bond acceptors (Lipinski definition) is 2. The normalized spacial score (nSPS) is 14.8. The Morgan fingerprint density at radius 3 is 1.50 bits per heavy atom. The SMILES string of the molecule is C1=CSC(c2ccc(-c3ccc4c(ccc5c4ccc4c6ccc(-c7ccc(-c8cccs8)cc7)cc6ccc45)c3)cc2)C1. The van der Waals surface area contributed by atoms with Gasteiger partial charge >= 0.3 is 0 Å². The van der Waals surface area contributed by atoms with Crippen LogP contribution in [0.2, 0.25) is 0 Å². The highest BCUT2D eigenvalue weighted by Gasteiger charge is 2.14. The molecule has 0 bridgehead atoms. The highest BCUT2D eigenvalue weighted by molar-refractivity contribution is 8.02. The molecule has 2 heteroatoms. The lowest BCUT2D eigenvalue weighted by Gasteiger charge is -2.13. The number of allylic oxidation sites excluding steroid dienone is 1. The largest absolute Gasteiger partial charge is 0.144 e. The zero-order valence-electron chi connectivity index (χ0n) is 24.0. The van der Waals surface area contributed by atoms with Gasteiger partial charge < -0.3 is 0 Å². The summed E-state index contributed by atoms with van der Waals surface area (Å²) in [7, 11) is 0. The Balaban J connectivity index is 1.07. The van der Waals surface area contributed by atoms with Gasteiger partial charge in [0.25, 0.3) is 0 Å². The lowest BCUT2D eigenvalue weighted by atomic mass is 9.92. The van der Waals surface area contributed by atoms with Crippen molar-refractivity contribution in [2.24, 2.45) is 0 Å². The second kappa shape index (κ2) is 10.5. The van der Waals surface area contributed by atoms with Gasteiger partial charge in [-0.05, 0) is 112 Å². The topological polar surface area (TPSA) is 0 Å². The van der Waals surface area contributed by atoms with Crippen LogP contribution in [-0.2, 0) is 0 Å². The van der Waals surface area contributed by atoms with Crippen LogP contribution in [0.15, 0.2) is 150 Å². The van der Waals surface area contributed by atoms with Crippen molar-refractivity contribution in [2.75, 3.05) is 0 Å². The van der Waals surface area contributed by atoms with E-state index in [1.807, 2.05) is 11.8 Å². The third kappa shape index (κ3) is 4.37. The first-order valence-electron chi connectivity index (χ1n) is 15.2. The number of hydrogen-bond donors (Lipinski definition) is 0. The molecule has 0 spiro atoms. The summed E-state index contributed by atoms with van der Waals surface area (Å²) in [6.45, 7) is 0. The fourth-order valence-electron chi connectivity index (χ4n) is 6.82. The van der Waals surface area contributed by atoms with E-state index >= 15 is 0 Å². The molecule has 1 unspecified atom stereocenters. The van der Waals surface area contributed by atoms with Gasteiger partial charge in [-0.15, -0.1) is 23.1 Å². The average Bonchev–Trinajstić information content (AvgIpc) is 3.83. The zero-order chi connectivity index (χ0) is 29.0. The highest BCUT2D eigenvalue weighted by atomic mass is 32.2. The van der Waals surface area contributed by atoms with Crippen LogP contribution in [0, 0.1) is 0 Å². The standard InChI is InChI=1S/C42H28S2/c1-3-41(43-23-1)29-9-5-27(6-10-29)31-13-17-35-33(25-31)15-19-39-37(35)21-22-38-36-18-14-32(26-34(36)16-20-40(38)39)28-7-11-30(12-8-28)42-4-2-24-44-42/h1-3,5-26,42H,4H2. The Morgan fingerprint density at radius 1 is 0.455 bits per heavy atom. The molecular weight excluding hydrogens is 569 g/mol. The Kier molecular flexibility index (Phi) is 6.18. The van der Waals surface area contributed by atoms with Gasteiger partial charge in [0.2, 0.25) is 0 Å². The Labute approximate surface area is 265 Å². The van der Waals surface area contributed by atoms with Crippen molar-refractivity contribution in [3.05, 3.63) is 156 Å². The van der Waals surface area contributed by atoms with Gasteiger partial charge in [-0.3, -0.25) is 0 Å². The van der Waals surface area contributed by atoms with E-state index in [1.165, 1.54) is 81.3 Å². The second-order valence-corrected chi connectivity index (χ2v) is 13.7. The zero-order valence-corrected chi connectivity index (χ0v) is 25.7. The fourth-order valence-corrected chi connectivity index (χ4v) is 8.50. The molecule has 0 N–H and O–H groups in total. The Bertz CT molecular complexity index is 2350. The third-order valence-corrected chi connectivity index (χ3v) is 11.2. The molecule has 8 aromatic rings. The molecule has 0 aliphatic carbocycles. The average molecular weight is 597 g/mol. The van der Waals surface area contributed by atoms with E-state index in [0.29, 0.717) is 5.25 Å². The van der Waals surface area contributed by atoms with E-state index in [4.69, 9.17) is 0 Å². The van der Waals surface area contributed by atoms with Crippen molar-refractivity contribution in [1.82, 2.24) is 0 Å². The summed E-state index contributed by atoms with van der Waals surface area (Å²) in [4.78, 5) is 1.31. The molecule has 7 aromatic carbocycles. The van der Waals surface area contributed by atoms with Crippen LogP contribution in [0.3, 0.4) is 0 Å². The molecule has 1 aromatic heterocycles. The van der Waals surface area contributed by atoms with Crippen molar-refractivity contribution in [1.29, 1.82) is 0 Å². The number of thiophene rings is 1. The van der Waals surface area contributed by atoms with Gasteiger partial charge in [0.15, 0.2) is 0 Å². The van der Waals surface area contributed by atoms with Crippen LogP contribution in [0.5, 0.6) is 0 Å². The van der Waals surface area contributed by atoms with Crippen LogP contribution in [0.1, 0.15) is 17.2 Å². The maximum absolute atomic E-state index is 2.34. The predicted octanol–water partition coefficient (Wildman–Crippen LogP) is 13.1. The summed E-state index contributed by atoms with van der Waals surface area (Å²) in [5, 5.41) is 15.3. The minimum Gasteiger partial charge on any atom is -0.144 e. The predicted molar refractivity (Wildman–Crippen MR) is 195 cm³/mol. The van der Waals surface area contributed by atoms with Crippen molar-refractivity contribution in [2.45, 2.75) is 11.7 Å². The second-order valence-electron chi connectivity index (χ2n) is 11.7. The first-order valence-corrected chi connectivity index (χ1v) is 17.0. The Morgan fingerprint density at radius 2 is 0.955 bits per heavy atom. The van der Waals surface area contributed by atoms with Crippen LogP contribution < -0.4 is 0 Å². The lowest BCUT2D eigenvalue weighted by Crippen LogP contribution is -1.89. The van der Waals surface area contributed by atoms with E-state index in [9.17, 15) is 0 Å². The summed E-state index contributed by atoms with van der Waals surface area (Å²) >= 11 is 3.70. The summed E-state index contributed by atoms with van der Waals surface area (Å²) in [5.74, 6) is 0. The number of fused-ring (bicyclic) bond motifs is 7. The quantitative estimate of drug-likeness (QED) is 0.182. The van der Waals surface area contributed by atoms with Gasteiger partial charge in [-0.1, -0.05) is 121 Å². The van der Waals surface area contributed by atoms with Crippen molar-refractivity contribution in [3.8, 4) is 32.7 Å². The van der Waals surface area contributed by atoms with Gasteiger partial charge in [0.1, 0.15) is 0 Å². The molecular formula is C42H28S2. The molecule has 0 amide bonds. The highest BCUT2D eigenvalue weighted by Crippen LogP contribution is 2.40. The molecule has 208 valence electrons. The first-order chi connectivity index (χ1) is 21.8. The summed E-state index contributed by atoms with van der Waals surface area (Å²) in [6.07, 6.45) is 3.40. The van der Waals surface area contributed by atoms with Crippen LogP contribution >= 0.6 is 23.1 Å². The third-order valence-electron chi connectivity index (χ3n) is 9.16. The molecule has 0 saturated carbocycles. The van der Waals surface area contributed by atoms with E-state index in [0.717, 1.165) is 6.42 Å². The van der Waals surface area contributed by atoms with Crippen molar-refractivity contribution in [3.63, 3.8) is 0 Å². The molecule has 0 saturated heterocycles. The van der Waals surface area contributed by atoms with Gasteiger partial charge in [-0.25, -0.2) is 0 Å². The van der Waals surface area contributed by atoms with E-state index in [-0.39, 0.29) is 0 Å². The fraction of sp³-hybridized carbons (Fsp3) is 0.0476. The molecule has 44 heavy (non-hydrogen) atoms. The maximum atomic E-state index is 2.34. The van der Waals surface area contributed by atoms with E-state index in [2.05, 4.69) is 150 Å². The molecule has 1 aliphatic heterocycles. The molecule has 2 heterocycles. The number of rotatable bonds is 4. The first kappa shape index (κ1) is 25.8. The van der Waals surface area contributed by atoms with Crippen LogP contribution in [-0.4, -0.2) is 0 Å². The smallest absolute Gasteiger partial charge is 0.0373 e. The Hall–Kier alpha value is -4.63. The van der Waals surface area contributed by atoms with E-state index in [1.54, 1.807) is 11.3 Å². The summed E-state index contributed by atoms with van der Waals surface area (Å²) < 4.78 is 0. The van der Waals surface area contributed by atoms with Crippen molar-refractivity contribution < 1.29 is 0 Å². The molecule has 1 atom stereocenters. The summed E-state index contributed by atoms with van der Waals surface area (Å²) in [6, 6.07) is 50.0. The molecule has 0 nitrogen and oxygen atoms in total. The van der Waals surface area contributed by atoms with Gasteiger partial charge in [0, 0.05) is 10.1 Å². The minimum absolute atomic E-state index is 0.565.